The van der Waals surface area contributed by atoms with Crippen molar-refractivity contribution < 1.29 is 9.21 Å². The minimum absolute atomic E-state index is 0.0225. The number of hydrogen-bond acceptors (Lipinski definition) is 3. The van der Waals surface area contributed by atoms with Gasteiger partial charge in [0.1, 0.15) is 0 Å². The highest BCUT2D eigenvalue weighted by molar-refractivity contribution is 5.91. The number of nitrogens with zero attached hydrogens (tertiary/aromatic N) is 1. The lowest BCUT2D eigenvalue weighted by molar-refractivity contribution is 0.0640. The smallest absolute Gasteiger partial charge is 0.289 e. The molecule has 1 fully saturated rings. The van der Waals surface area contributed by atoms with Crippen LogP contribution in [0.1, 0.15) is 37.2 Å². The summed E-state index contributed by atoms with van der Waals surface area (Å²) in [6, 6.07) is 3.99. The molecule has 0 spiro atoms. The summed E-state index contributed by atoms with van der Waals surface area (Å²) in [4.78, 5) is 14.1. The Balaban J connectivity index is 1.88. The second-order valence-corrected chi connectivity index (χ2v) is 5.30. The van der Waals surface area contributed by atoms with Crippen LogP contribution >= 0.6 is 0 Å². The maximum Gasteiger partial charge on any atom is 0.289 e. The number of hydrogen-bond donors (Lipinski definition) is 1. The summed E-state index contributed by atoms with van der Waals surface area (Å²) in [5.41, 5.74) is 0. The van der Waals surface area contributed by atoms with E-state index in [2.05, 4.69) is 19.2 Å². The molecular formula is C14H22N2O2. The van der Waals surface area contributed by atoms with E-state index in [-0.39, 0.29) is 5.91 Å². The first-order valence-electron chi connectivity index (χ1n) is 6.73. The third-order valence-electron chi connectivity index (χ3n) is 3.35. The van der Waals surface area contributed by atoms with Gasteiger partial charge in [0.15, 0.2) is 5.76 Å². The number of furan rings is 1. The molecular weight excluding hydrogens is 228 g/mol. The Morgan fingerprint density at radius 1 is 1.61 bits per heavy atom. The van der Waals surface area contributed by atoms with E-state index in [1.807, 2.05) is 4.90 Å². The van der Waals surface area contributed by atoms with E-state index in [1.165, 1.54) is 6.42 Å². The topological polar surface area (TPSA) is 45.5 Å². The predicted molar refractivity (Wildman–Crippen MR) is 70.5 cm³/mol. The molecule has 1 N–H and O–H groups in total. The number of rotatable bonds is 4. The van der Waals surface area contributed by atoms with Crippen LogP contribution in [0.2, 0.25) is 0 Å². The average Bonchev–Trinajstić information content (AvgIpc) is 2.89. The molecule has 1 aliphatic heterocycles. The van der Waals surface area contributed by atoms with Crippen LogP contribution in [0.25, 0.3) is 0 Å². The SMILES string of the molecule is CC(C)NCC1CCCN(C(=O)c2ccco2)C1. The molecule has 2 rings (SSSR count). The minimum Gasteiger partial charge on any atom is -0.459 e. The van der Waals surface area contributed by atoms with E-state index in [4.69, 9.17) is 4.42 Å². The van der Waals surface area contributed by atoms with E-state index < -0.39 is 0 Å². The van der Waals surface area contributed by atoms with Crippen molar-refractivity contribution in [3.05, 3.63) is 24.2 Å². The summed E-state index contributed by atoms with van der Waals surface area (Å²) in [5.74, 6) is 1.03. The standard InChI is InChI=1S/C14H22N2O2/c1-11(2)15-9-12-5-3-7-16(10-12)14(17)13-6-4-8-18-13/h4,6,8,11-12,15H,3,5,7,9-10H2,1-2H3. The molecule has 0 aliphatic carbocycles. The second-order valence-electron chi connectivity index (χ2n) is 5.30. The summed E-state index contributed by atoms with van der Waals surface area (Å²) in [5, 5.41) is 3.45. The van der Waals surface area contributed by atoms with Gasteiger partial charge in [0, 0.05) is 19.1 Å². The number of carbonyl (C=O) groups is 1. The van der Waals surface area contributed by atoms with Crippen molar-refractivity contribution in [3.8, 4) is 0 Å². The van der Waals surface area contributed by atoms with Gasteiger partial charge in [-0.3, -0.25) is 4.79 Å². The summed E-state index contributed by atoms with van der Waals surface area (Å²) >= 11 is 0. The van der Waals surface area contributed by atoms with Gasteiger partial charge >= 0.3 is 0 Å². The van der Waals surface area contributed by atoms with Gasteiger partial charge in [-0.2, -0.15) is 0 Å². The molecule has 1 aromatic heterocycles. The molecule has 1 saturated heterocycles. The molecule has 1 atom stereocenters. The third-order valence-corrected chi connectivity index (χ3v) is 3.35. The van der Waals surface area contributed by atoms with Gasteiger partial charge < -0.3 is 14.6 Å². The van der Waals surface area contributed by atoms with Crippen molar-refractivity contribution in [3.63, 3.8) is 0 Å². The zero-order valence-electron chi connectivity index (χ0n) is 11.2. The lowest BCUT2D eigenvalue weighted by Crippen LogP contribution is -2.43. The van der Waals surface area contributed by atoms with Crippen molar-refractivity contribution in [2.45, 2.75) is 32.7 Å². The molecule has 4 nitrogen and oxygen atoms in total. The average molecular weight is 250 g/mol. The van der Waals surface area contributed by atoms with E-state index in [0.29, 0.717) is 17.7 Å². The van der Waals surface area contributed by atoms with Crippen molar-refractivity contribution in [1.29, 1.82) is 0 Å². The zero-order valence-corrected chi connectivity index (χ0v) is 11.2. The highest BCUT2D eigenvalue weighted by Gasteiger charge is 2.25. The molecule has 0 aromatic carbocycles. The van der Waals surface area contributed by atoms with E-state index in [0.717, 1.165) is 26.1 Å². The Kier molecular flexibility index (Phi) is 4.42. The van der Waals surface area contributed by atoms with Crippen molar-refractivity contribution >= 4 is 5.91 Å². The molecule has 0 radical (unpaired) electrons. The summed E-state index contributed by atoms with van der Waals surface area (Å²) in [6.07, 6.45) is 3.83. The third kappa shape index (κ3) is 3.35. The monoisotopic (exact) mass is 250 g/mol. The fourth-order valence-electron chi connectivity index (χ4n) is 2.37. The number of nitrogens with one attached hydrogen (secondary N) is 1. The lowest BCUT2D eigenvalue weighted by atomic mass is 9.97. The lowest BCUT2D eigenvalue weighted by Gasteiger charge is -2.32. The minimum atomic E-state index is 0.0225. The highest BCUT2D eigenvalue weighted by Crippen LogP contribution is 2.18. The Labute approximate surface area is 108 Å². The van der Waals surface area contributed by atoms with Crippen LogP contribution in [0, 0.1) is 5.92 Å². The number of carbonyl (C=O) groups excluding carboxylic acids is 1. The van der Waals surface area contributed by atoms with E-state index in [9.17, 15) is 4.79 Å². The van der Waals surface area contributed by atoms with Gasteiger partial charge in [0.2, 0.25) is 0 Å². The highest BCUT2D eigenvalue weighted by atomic mass is 16.3. The largest absolute Gasteiger partial charge is 0.459 e. The first-order chi connectivity index (χ1) is 8.66. The van der Waals surface area contributed by atoms with E-state index in [1.54, 1.807) is 18.4 Å². The Morgan fingerprint density at radius 2 is 2.44 bits per heavy atom. The number of piperidine rings is 1. The van der Waals surface area contributed by atoms with Crippen LogP contribution < -0.4 is 5.32 Å². The van der Waals surface area contributed by atoms with Gasteiger partial charge in [-0.05, 0) is 37.4 Å². The molecule has 100 valence electrons. The van der Waals surface area contributed by atoms with Crippen LogP contribution in [0.4, 0.5) is 0 Å². The molecule has 1 unspecified atom stereocenters. The van der Waals surface area contributed by atoms with Crippen LogP contribution in [0.3, 0.4) is 0 Å². The number of likely N-dealkylation sites (tertiary alicyclic amines) is 1. The maximum atomic E-state index is 12.2. The molecule has 0 saturated carbocycles. The van der Waals surface area contributed by atoms with Gasteiger partial charge in [-0.15, -0.1) is 0 Å². The molecule has 1 aromatic rings. The molecule has 1 aliphatic rings. The van der Waals surface area contributed by atoms with Crippen molar-refractivity contribution in [2.75, 3.05) is 19.6 Å². The van der Waals surface area contributed by atoms with Crippen molar-refractivity contribution in [2.24, 2.45) is 5.92 Å². The van der Waals surface area contributed by atoms with E-state index >= 15 is 0 Å². The van der Waals surface area contributed by atoms with Gasteiger partial charge in [0.25, 0.3) is 5.91 Å². The summed E-state index contributed by atoms with van der Waals surface area (Å²) in [6.45, 7) is 6.96. The second kappa shape index (κ2) is 6.05. The first-order valence-corrected chi connectivity index (χ1v) is 6.73. The summed E-state index contributed by atoms with van der Waals surface area (Å²) < 4.78 is 5.18. The molecule has 0 bridgehead atoms. The van der Waals surface area contributed by atoms with Crippen LogP contribution in [0.15, 0.2) is 22.8 Å². The van der Waals surface area contributed by atoms with Crippen LogP contribution in [-0.4, -0.2) is 36.5 Å². The van der Waals surface area contributed by atoms with Crippen LogP contribution in [-0.2, 0) is 0 Å². The normalized spacial score (nSPS) is 20.4. The maximum absolute atomic E-state index is 12.2. The first kappa shape index (κ1) is 13.1. The summed E-state index contributed by atoms with van der Waals surface area (Å²) in [7, 11) is 0. The molecule has 2 heterocycles. The fraction of sp³-hybridized carbons (Fsp3) is 0.643. The van der Waals surface area contributed by atoms with Gasteiger partial charge in [-0.25, -0.2) is 0 Å². The zero-order chi connectivity index (χ0) is 13.0. The number of amides is 1. The van der Waals surface area contributed by atoms with Crippen LogP contribution in [0.5, 0.6) is 0 Å². The molecule has 1 amide bonds. The Bertz CT molecular complexity index is 373. The molecule has 4 heteroatoms. The molecule has 18 heavy (non-hydrogen) atoms. The van der Waals surface area contributed by atoms with Gasteiger partial charge in [-0.1, -0.05) is 13.8 Å². The quantitative estimate of drug-likeness (QED) is 0.890. The fourth-order valence-corrected chi connectivity index (χ4v) is 2.37. The predicted octanol–water partition coefficient (Wildman–Crippen LogP) is 2.13. The Morgan fingerprint density at radius 3 is 3.11 bits per heavy atom. The Hall–Kier alpha value is -1.29. The van der Waals surface area contributed by atoms with Gasteiger partial charge in [0.05, 0.1) is 6.26 Å². The van der Waals surface area contributed by atoms with Crippen molar-refractivity contribution in [1.82, 2.24) is 10.2 Å².